The third-order valence-electron chi connectivity index (χ3n) is 3.53. The second-order valence-corrected chi connectivity index (χ2v) is 4.45. The van der Waals surface area contributed by atoms with E-state index >= 15 is 0 Å². The van der Waals surface area contributed by atoms with E-state index in [1.807, 2.05) is 12.3 Å². The van der Waals surface area contributed by atoms with Crippen molar-refractivity contribution >= 4 is 0 Å². The van der Waals surface area contributed by atoms with Crippen molar-refractivity contribution in [1.29, 1.82) is 0 Å². The van der Waals surface area contributed by atoms with Gasteiger partial charge in [-0.3, -0.25) is 4.98 Å². The van der Waals surface area contributed by atoms with Crippen LogP contribution in [-0.4, -0.2) is 18.1 Å². The van der Waals surface area contributed by atoms with Crippen LogP contribution in [0.25, 0.3) is 0 Å². The number of pyridine rings is 1. The van der Waals surface area contributed by atoms with Crippen molar-refractivity contribution < 1.29 is 0 Å². The molecule has 0 saturated heterocycles. The Morgan fingerprint density at radius 3 is 2.87 bits per heavy atom. The topological polar surface area (TPSA) is 24.9 Å². The van der Waals surface area contributed by atoms with Crippen LogP contribution in [-0.2, 0) is 6.42 Å². The van der Waals surface area contributed by atoms with Crippen LogP contribution < -0.4 is 5.32 Å². The van der Waals surface area contributed by atoms with Crippen molar-refractivity contribution in [3.05, 3.63) is 30.1 Å². The minimum absolute atomic E-state index is 0.695. The molecule has 0 radical (unpaired) electrons. The summed E-state index contributed by atoms with van der Waals surface area (Å²) in [5.41, 5.74) is 1.22. The van der Waals surface area contributed by atoms with Gasteiger partial charge in [-0.2, -0.15) is 0 Å². The van der Waals surface area contributed by atoms with Crippen LogP contribution in [0.5, 0.6) is 0 Å². The number of aryl methyl sites for hydroxylation is 1. The van der Waals surface area contributed by atoms with Gasteiger partial charge in [0.25, 0.3) is 0 Å². The number of nitrogens with one attached hydrogen (secondary N) is 1. The number of hydrogen-bond acceptors (Lipinski definition) is 2. The summed E-state index contributed by atoms with van der Waals surface area (Å²) in [6, 6.07) is 6.86. The summed E-state index contributed by atoms with van der Waals surface area (Å²) >= 11 is 0. The lowest BCUT2D eigenvalue weighted by molar-refractivity contribution is 0.227. The summed E-state index contributed by atoms with van der Waals surface area (Å²) in [6.07, 6.45) is 8.45. The van der Waals surface area contributed by atoms with Gasteiger partial charge >= 0.3 is 0 Å². The molecule has 1 fully saturated rings. The molecule has 1 aromatic rings. The van der Waals surface area contributed by atoms with Crippen molar-refractivity contribution in [1.82, 2.24) is 10.3 Å². The quantitative estimate of drug-likeness (QED) is 0.796. The van der Waals surface area contributed by atoms with Crippen LogP contribution in [0.15, 0.2) is 24.4 Å². The number of aromatic nitrogens is 1. The van der Waals surface area contributed by atoms with Gasteiger partial charge in [0.15, 0.2) is 0 Å². The molecule has 82 valence electrons. The van der Waals surface area contributed by atoms with Crippen LogP contribution in [0.4, 0.5) is 0 Å². The molecule has 2 nitrogen and oxygen atoms in total. The molecule has 0 bridgehead atoms. The lowest BCUT2D eigenvalue weighted by atomic mass is 9.78. The van der Waals surface area contributed by atoms with Crippen molar-refractivity contribution in [2.75, 3.05) is 7.05 Å². The predicted molar refractivity (Wildman–Crippen MR) is 62.7 cm³/mol. The van der Waals surface area contributed by atoms with E-state index in [1.165, 1.54) is 31.4 Å². The summed E-state index contributed by atoms with van der Waals surface area (Å²) in [7, 11) is 2.08. The third-order valence-corrected chi connectivity index (χ3v) is 3.53. The highest BCUT2D eigenvalue weighted by Crippen LogP contribution is 2.31. The first-order valence-corrected chi connectivity index (χ1v) is 5.97. The number of hydrogen-bond donors (Lipinski definition) is 1. The largest absolute Gasteiger partial charge is 0.317 e. The molecule has 0 amide bonds. The molecule has 15 heavy (non-hydrogen) atoms. The maximum atomic E-state index is 4.36. The first kappa shape index (κ1) is 10.6. The lowest BCUT2D eigenvalue weighted by Crippen LogP contribution is -2.37. The van der Waals surface area contributed by atoms with Crippen molar-refractivity contribution in [2.24, 2.45) is 5.92 Å². The van der Waals surface area contributed by atoms with Gasteiger partial charge in [0.2, 0.25) is 0 Å². The van der Waals surface area contributed by atoms with Gasteiger partial charge < -0.3 is 5.32 Å². The average molecular weight is 204 g/mol. The molecule has 1 unspecified atom stereocenters. The maximum Gasteiger partial charge on any atom is 0.0404 e. The first-order chi connectivity index (χ1) is 7.40. The van der Waals surface area contributed by atoms with E-state index in [1.54, 1.807) is 0 Å². The van der Waals surface area contributed by atoms with E-state index < -0.39 is 0 Å². The summed E-state index contributed by atoms with van der Waals surface area (Å²) in [5, 5.41) is 3.45. The van der Waals surface area contributed by atoms with Crippen LogP contribution >= 0.6 is 0 Å². The Hall–Kier alpha value is -0.890. The van der Waals surface area contributed by atoms with E-state index in [2.05, 4.69) is 29.5 Å². The van der Waals surface area contributed by atoms with Crippen molar-refractivity contribution in [3.63, 3.8) is 0 Å². The molecule has 0 spiro atoms. The standard InChI is InChI=1S/C13H20N2/c1-14-13(11-5-4-6-11)9-8-12-7-2-3-10-15-12/h2-3,7,10-11,13-14H,4-6,8-9H2,1H3. The Kier molecular flexibility index (Phi) is 3.73. The molecular weight excluding hydrogens is 184 g/mol. The lowest BCUT2D eigenvalue weighted by Gasteiger charge is -2.33. The zero-order chi connectivity index (χ0) is 10.5. The highest BCUT2D eigenvalue weighted by atomic mass is 14.9. The molecule has 0 aromatic carbocycles. The summed E-state index contributed by atoms with van der Waals surface area (Å²) in [4.78, 5) is 4.36. The minimum Gasteiger partial charge on any atom is -0.317 e. The molecule has 2 rings (SSSR count). The van der Waals surface area contributed by atoms with Gasteiger partial charge in [-0.1, -0.05) is 12.5 Å². The van der Waals surface area contributed by atoms with Crippen LogP contribution in [0.1, 0.15) is 31.4 Å². The second kappa shape index (κ2) is 5.26. The van der Waals surface area contributed by atoms with Crippen molar-refractivity contribution in [3.8, 4) is 0 Å². The fourth-order valence-electron chi connectivity index (χ4n) is 2.31. The maximum absolute atomic E-state index is 4.36. The summed E-state index contributed by atoms with van der Waals surface area (Å²) < 4.78 is 0. The highest BCUT2D eigenvalue weighted by molar-refractivity contribution is 5.04. The molecule has 1 aromatic heterocycles. The van der Waals surface area contributed by atoms with Gasteiger partial charge in [0.05, 0.1) is 0 Å². The Bertz CT molecular complexity index is 280. The minimum atomic E-state index is 0.695. The SMILES string of the molecule is CNC(CCc1ccccn1)C1CCC1. The molecule has 0 aliphatic heterocycles. The number of nitrogens with zero attached hydrogens (tertiary/aromatic N) is 1. The molecule has 1 heterocycles. The highest BCUT2D eigenvalue weighted by Gasteiger charge is 2.25. The zero-order valence-electron chi connectivity index (χ0n) is 9.45. The van der Waals surface area contributed by atoms with Gasteiger partial charge in [0, 0.05) is 17.9 Å². The number of rotatable bonds is 5. The van der Waals surface area contributed by atoms with E-state index in [4.69, 9.17) is 0 Å². The van der Waals surface area contributed by atoms with Crippen LogP contribution in [0.2, 0.25) is 0 Å². The van der Waals surface area contributed by atoms with Crippen molar-refractivity contribution in [2.45, 2.75) is 38.1 Å². The second-order valence-electron chi connectivity index (χ2n) is 4.45. The fourth-order valence-corrected chi connectivity index (χ4v) is 2.31. The van der Waals surface area contributed by atoms with E-state index in [-0.39, 0.29) is 0 Å². The molecule has 1 N–H and O–H groups in total. The predicted octanol–water partition coefficient (Wildman–Crippen LogP) is 2.40. The normalized spacial score (nSPS) is 18.5. The van der Waals surface area contributed by atoms with E-state index in [0.29, 0.717) is 6.04 Å². The zero-order valence-corrected chi connectivity index (χ0v) is 9.45. The van der Waals surface area contributed by atoms with Gasteiger partial charge in [0.1, 0.15) is 0 Å². The summed E-state index contributed by atoms with van der Waals surface area (Å²) in [6.45, 7) is 0. The smallest absolute Gasteiger partial charge is 0.0404 e. The van der Waals surface area contributed by atoms with Gasteiger partial charge in [-0.25, -0.2) is 0 Å². The Labute approximate surface area is 92.1 Å². The van der Waals surface area contributed by atoms with Gasteiger partial charge in [-0.05, 0) is 50.8 Å². The van der Waals surface area contributed by atoms with E-state index in [9.17, 15) is 0 Å². The monoisotopic (exact) mass is 204 g/mol. The molecule has 2 heteroatoms. The Morgan fingerprint density at radius 2 is 2.33 bits per heavy atom. The van der Waals surface area contributed by atoms with E-state index in [0.717, 1.165) is 12.3 Å². The summed E-state index contributed by atoms with van der Waals surface area (Å²) in [5.74, 6) is 0.915. The molecule has 1 aliphatic rings. The first-order valence-electron chi connectivity index (χ1n) is 5.97. The van der Waals surface area contributed by atoms with Crippen LogP contribution in [0, 0.1) is 5.92 Å². The fraction of sp³-hybridized carbons (Fsp3) is 0.615. The molecule has 1 saturated carbocycles. The molecular formula is C13H20N2. The Morgan fingerprint density at radius 1 is 1.47 bits per heavy atom. The van der Waals surface area contributed by atoms with Gasteiger partial charge in [-0.15, -0.1) is 0 Å². The Balaban J connectivity index is 1.80. The van der Waals surface area contributed by atoms with Crippen LogP contribution in [0.3, 0.4) is 0 Å². The third kappa shape index (κ3) is 2.78. The molecule has 1 aliphatic carbocycles. The average Bonchev–Trinajstić information content (AvgIpc) is 2.23. The molecule has 1 atom stereocenters.